The van der Waals surface area contributed by atoms with E-state index in [-0.39, 0.29) is 6.61 Å². The standard InChI is InChI=1S/C10H10Cl2O/c1-7(6-13)5-8-9(11)3-2-4-10(8)12/h2-5,13H,6H2,1H3. The van der Waals surface area contributed by atoms with Crippen molar-refractivity contribution in [2.75, 3.05) is 6.61 Å². The second kappa shape index (κ2) is 4.66. The molecule has 0 heterocycles. The molecule has 70 valence electrons. The van der Waals surface area contributed by atoms with E-state index in [1.165, 1.54) is 0 Å². The number of aliphatic hydroxyl groups excluding tert-OH is 1. The summed E-state index contributed by atoms with van der Waals surface area (Å²) >= 11 is 11.8. The number of benzene rings is 1. The zero-order valence-corrected chi connectivity index (χ0v) is 8.73. The molecule has 0 fully saturated rings. The van der Waals surface area contributed by atoms with Crippen LogP contribution in [-0.2, 0) is 0 Å². The van der Waals surface area contributed by atoms with Crippen molar-refractivity contribution in [3.05, 3.63) is 39.4 Å². The molecule has 0 saturated carbocycles. The molecule has 0 aliphatic rings. The lowest BCUT2D eigenvalue weighted by molar-refractivity contribution is 0.332. The Labute approximate surface area is 87.6 Å². The predicted molar refractivity (Wildman–Crippen MR) is 57.2 cm³/mol. The molecule has 1 nitrogen and oxygen atoms in total. The summed E-state index contributed by atoms with van der Waals surface area (Å²) in [4.78, 5) is 0. The highest BCUT2D eigenvalue weighted by molar-refractivity contribution is 6.37. The lowest BCUT2D eigenvalue weighted by atomic mass is 10.1. The average molecular weight is 217 g/mol. The molecule has 1 aromatic rings. The largest absolute Gasteiger partial charge is 0.392 e. The van der Waals surface area contributed by atoms with E-state index in [0.29, 0.717) is 10.0 Å². The molecule has 0 aromatic heterocycles. The fourth-order valence-corrected chi connectivity index (χ4v) is 1.45. The molecule has 1 aromatic carbocycles. The maximum Gasteiger partial charge on any atom is 0.0642 e. The van der Waals surface area contributed by atoms with Gasteiger partial charge in [-0.15, -0.1) is 0 Å². The summed E-state index contributed by atoms with van der Waals surface area (Å²) < 4.78 is 0. The van der Waals surface area contributed by atoms with Gasteiger partial charge in [-0.05, 0) is 24.6 Å². The summed E-state index contributed by atoms with van der Waals surface area (Å²) in [5, 5.41) is 10.0. The van der Waals surface area contributed by atoms with Crippen LogP contribution in [0.3, 0.4) is 0 Å². The quantitative estimate of drug-likeness (QED) is 0.804. The van der Waals surface area contributed by atoms with Gasteiger partial charge in [0.25, 0.3) is 0 Å². The van der Waals surface area contributed by atoms with Gasteiger partial charge >= 0.3 is 0 Å². The highest BCUT2D eigenvalue weighted by atomic mass is 35.5. The smallest absolute Gasteiger partial charge is 0.0642 e. The monoisotopic (exact) mass is 216 g/mol. The minimum atomic E-state index is 0.0154. The average Bonchev–Trinajstić information content (AvgIpc) is 2.11. The van der Waals surface area contributed by atoms with Crippen LogP contribution in [-0.4, -0.2) is 11.7 Å². The molecule has 0 unspecified atom stereocenters. The Bertz CT molecular complexity index is 311. The second-order valence-electron chi connectivity index (χ2n) is 2.78. The number of hydrogen-bond acceptors (Lipinski definition) is 1. The third-order valence-corrected chi connectivity index (χ3v) is 2.30. The van der Waals surface area contributed by atoms with E-state index in [4.69, 9.17) is 28.3 Å². The molecule has 1 rings (SSSR count). The van der Waals surface area contributed by atoms with Gasteiger partial charge in [-0.3, -0.25) is 0 Å². The van der Waals surface area contributed by atoms with Crippen LogP contribution in [0.5, 0.6) is 0 Å². The van der Waals surface area contributed by atoms with Gasteiger partial charge in [0, 0.05) is 15.6 Å². The van der Waals surface area contributed by atoms with E-state index in [2.05, 4.69) is 0 Å². The van der Waals surface area contributed by atoms with E-state index < -0.39 is 0 Å². The molecule has 0 radical (unpaired) electrons. The first-order valence-electron chi connectivity index (χ1n) is 3.87. The molecule has 13 heavy (non-hydrogen) atoms. The van der Waals surface area contributed by atoms with Crippen LogP contribution in [0, 0.1) is 0 Å². The Hall–Kier alpha value is -0.500. The van der Waals surface area contributed by atoms with Crippen molar-refractivity contribution < 1.29 is 5.11 Å². The van der Waals surface area contributed by atoms with Crippen molar-refractivity contribution in [2.45, 2.75) is 6.92 Å². The van der Waals surface area contributed by atoms with Gasteiger partial charge in [0.1, 0.15) is 0 Å². The van der Waals surface area contributed by atoms with Gasteiger partial charge in [-0.25, -0.2) is 0 Å². The van der Waals surface area contributed by atoms with Crippen molar-refractivity contribution in [3.8, 4) is 0 Å². The lowest BCUT2D eigenvalue weighted by Crippen LogP contribution is -1.85. The van der Waals surface area contributed by atoms with Crippen LogP contribution in [0.15, 0.2) is 23.8 Å². The fourth-order valence-electron chi connectivity index (χ4n) is 0.941. The van der Waals surface area contributed by atoms with Crippen LogP contribution in [0.2, 0.25) is 10.0 Å². The fraction of sp³-hybridized carbons (Fsp3) is 0.200. The first-order valence-corrected chi connectivity index (χ1v) is 4.63. The van der Waals surface area contributed by atoms with Crippen LogP contribution in [0.4, 0.5) is 0 Å². The third-order valence-electron chi connectivity index (χ3n) is 1.64. The maximum absolute atomic E-state index is 8.82. The van der Waals surface area contributed by atoms with Crippen molar-refractivity contribution in [1.29, 1.82) is 0 Å². The van der Waals surface area contributed by atoms with E-state index in [9.17, 15) is 0 Å². The van der Waals surface area contributed by atoms with E-state index >= 15 is 0 Å². The molecular weight excluding hydrogens is 207 g/mol. The minimum Gasteiger partial charge on any atom is -0.392 e. The number of hydrogen-bond donors (Lipinski definition) is 1. The van der Waals surface area contributed by atoms with Gasteiger partial charge in [0.05, 0.1) is 6.61 Å². The van der Waals surface area contributed by atoms with Gasteiger partial charge in [0.2, 0.25) is 0 Å². The molecule has 0 aliphatic carbocycles. The molecule has 0 aliphatic heterocycles. The van der Waals surface area contributed by atoms with Crippen molar-refractivity contribution in [1.82, 2.24) is 0 Å². The SMILES string of the molecule is CC(=Cc1c(Cl)cccc1Cl)CO. The van der Waals surface area contributed by atoms with Crippen LogP contribution in [0.1, 0.15) is 12.5 Å². The van der Waals surface area contributed by atoms with Gasteiger partial charge < -0.3 is 5.11 Å². The molecular formula is C10H10Cl2O. The summed E-state index contributed by atoms with van der Waals surface area (Å²) in [6.07, 6.45) is 1.78. The zero-order valence-electron chi connectivity index (χ0n) is 7.22. The minimum absolute atomic E-state index is 0.0154. The number of halogens is 2. The van der Waals surface area contributed by atoms with Crippen molar-refractivity contribution in [2.24, 2.45) is 0 Å². The lowest BCUT2D eigenvalue weighted by Gasteiger charge is -2.02. The normalized spacial score (nSPS) is 11.8. The van der Waals surface area contributed by atoms with Crippen LogP contribution < -0.4 is 0 Å². The highest BCUT2D eigenvalue weighted by Crippen LogP contribution is 2.26. The molecule has 0 atom stereocenters. The Morgan fingerprint density at radius 1 is 1.38 bits per heavy atom. The third kappa shape index (κ3) is 2.73. The van der Waals surface area contributed by atoms with E-state index in [1.807, 2.05) is 6.92 Å². The first-order chi connectivity index (χ1) is 6.15. The van der Waals surface area contributed by atoms with E-state index in [1.54, 1.807) is 24.3 Å². The van der Waals surface area contributed by atoms with Crippen molar-refractivity contribution in [3.63, 3.8) is 0 Å². The Balaban J connectivity index is 3.14. The van der Waals surface area contributed by atoms with Gasteiger partial charge in [-0.2, -0.15) is 0 Å². The zero-order chi connectivity index (χ0) is 9.84. The van der Waals surface area contributed by atoms with Crippen LogP contribution in [0.25, 0.3) is 6.08 Å². The summed E-state index contributed by atoms with van der Waals surface area (Å²) in [7, 11) is 0. The Morgan fingerprint density at radius 2 is 1.92 bits per heavy atom. The van der Waals surface area contributed by atoms with E-state index in [0.717, 1.165) is 11.1 Å². The Kier molecular flexibility index (Phi) is 3.79. The molecule has 0 bridgehead atoms. The summed E-state index contributed by atoms with van der Waals surface area (Å²) in [6, 6.07) is 5.32. The molecule has 3 heteroatoms. The molecule has 1 N–H and O–H groups in total. The summed E-state index contributed by atoms with van der Waals surface area (Å²) in [5.74, 6) is 0. The number of aliphatic hydroxyl groups is 1. The first kappa shape index (κ1) is 10.6. The molecule has 0 spiro atoms. The van der Waals surface area contributed by atoms with Gasteiger partial charge in [-0.1, -0.05) is 35.3 Å². The van der Waals surface area contributed by atoms with Gasteiger partial charge in [0.15, 0.2) is 0 Å². The topological polar surface area (TPSA) is 20.2 Å². The second-order valence-corrected chi connectivity index (χ2v) is 3.60. The summed E-state index contributed by atoms with van der Waals surface area (Å²) in [6.45, 7) is 1.83. The predicted octanol–water partition coefficient (Wildman–Crippen LogP) is 3.39. The number of rotatable bonds is 2. The van der Waals surface area contributed by atoms with Crippen LogP contribution >= 0.6 is 23.2 Å². The highest BCUT2D eigenvalue weighted by Gasteiger charge is 2.01. The molecule has 0 saturated heterocycles. The Morgan fingerprint density at radius 3 is 2.38 bits per heavy atom. The van der Waals surface area contributed by atoms with Crippen molar-refractivity contribution >= 4 is 29.3 Å². The summed E-state index contributed by atoms with van der Waals surface area (Å²) in [5.41, 5.74) is 1.59. The maximum atomic E-state index is 8.82. The molecule has 0 amide bonds.